The van der Waals surface area contributed by atoms with Crippen LogP contribution in [0.15, 0.2) is 12.1 Å². The van der Waals surface area contributed by atoms with Gasteiger partial charge in [0.2, 0.25) is 0 Å². The average molecular weight is 329 g/mol. The first-order valence-electron chi connectivity index (χ1n) is 6.48. The van der Waals surface area contributed by atoms with E-state index in [1.54, 1.807) is 12.1 Å². The van der Waals surface area contributed by atoms with Crippen LogP contribution in [0.1, 0.15) is 19.4 Å². The Morgan fingerprint density at radius 1 is 1.43 bits per heavy atom. The predicted octanol–water partition coefficient (Wildman–Crippen LogP) is 2.62. The van der Waals surface area contributed by atoms with Gasteiger partial charge in [-0.15, -0.1) is 6.42 Å². The van der Waals surface area contributed by atoms with Gasteiger partial charge in [0.25, 0.3) is 5.91 Å². The molecule has 114 valence electrons. The van der Waals surface area contributed by atoms with Gasteiger partial charge >= 0.3 is 0 Å². The molecule has 0 radical (unpaired) electrons. The van der Waals surface area contributed by atoms with Crippen molar-refractivity contribution in [3.05, 3.63) is 27.7 Å². The summed E-state index contributed by atoms with van der Waals surface area (Å²) in [6, 6.07) is 3.64. The molecule has 1 aromatic rings. The van der Waals surface area contributed by atoms with Gasteiger partial charge in [0, 0.05) is 23.2 Å². The summed E-state index contributed by atoms with van der Waals surface area (Å²) in [5.74, 6) is 2.46. The fourth-order valence-corrected chi connectivity index (χ4v) is 2.15. The smallest absolute Gasteiger partial charge is 0.258 e. The number of ether oxygens (including phenoxy) is 1. The van der Waals surface area contributed by atoms with E-state index in [1.807, 2.05) is 13.8 Å². The summed E-state index contributed by atoms with van der Waals surface area (Å²) in [6.45, 7) is 4.61. The number of nitrogens with one attached hydrogen (secondary N) is 2. The lowest BCUT2D eigenvalue weighted by Gasteiger charge is -2.15. The van der Waals surface area contributed by atoms with Gasteiger partial charge < -0.3 is 15.4 Å². The minimum absolute atomic E-state index is 0.155. The second-order valence-electron chi connectivity index (χ2n) is 4.68. The van der Waals surface area contributed by atoms with Crippen molar-refractivity contribution in [1.82, 2.24) is 10.6 Å². The third-order valence-corrected chi connectivity index (χ3v) is 3.02. The minimum Gasteiger partial charge on any atom is -0.482 e. The molecule has 1 amide bonds. The number of carbonyl (C=O) groups is 1. The molecule has 6 heteroatoms. The van der Waals surface area contributed by atoms with E-state index in [-0.39, 0.29) is 19.1 Å². The lowest BCUT2D eigenvalue weighted by Crippen LogP contribution is -2.29. The highest BCUT2D eigenvalue weighted by molar-refractivity contribution is 6.35. The van der Waals surface area contributed by atoms with E-state index in [0.29, 0.717) is 28.4 Å². The molecule has 21 heavy (non-hydrogen) atoms. The Kier molecular flexibility index (Phi) is 7.38. The summed E-state index contributed by atoms with van der Waals surface area (Å²) in [5, 5.41) is 6.66. The van der Waals surface area contributed by atoms with E-state index in [2.05, 4.69) is 16.6 Å². The molecule has 0 aliphatic heterocycles. The normalized spacial score (nSPS) is 10.3. The highest BCUT2D eigenvalue weighted by Gasteiger charge is 2.13. The molecule has 0 saturated heterocycles. The van der Waals surface area contributed by atoms with E-state index >= 15 is 0 Å². The van der Waals surface area contributed by atoms with Crippen molar-refractivity contribution in [3.63, 3.8) is 0 Å². The molecule has 0 aliphatic carbocycles. The largest absolute Gasteiger partial charge is 0.482 e. The van der Waals surface area contributed by atoms with E-state index in [1.165, 1.54) is 0 Å². The van der Waals surface area contributed by atoms with Crippen LogP contribution in [0.2, 0.25) is 10.0 Å². The quantitative estimate of drug-likeness (QED) is 0.756. The van der Waals surface area contributed by atoms with Crippen molar-refractivity contribution >= 4 is 29.1 Å². The monoisotopic (exact) mass is 328 g/mol. The highest BCUT2D eigenvalue weighted by atomic mass is 35.5. The molecule has 0 aromatic heterocycles. The Balaban J connectivity index is 2.79. The number of hydrogen-bond acceptors (Lipinski definition) is 3. The molecule has 2 N–H and O–H groups in total. The summed E-state index contributed by atoms with van der Waals surface area (Å²) in [4.78, 5) is 11.5. The minimum atomic E-state index is -0.304. The molecule has 0 saturated carbocycles. The number of carbonyl (C=O) groups excluding carboxylic acids is 1. The first kappa shape index (κ1) is 17.6. The van der Waals surface area contributed by atoms with Crippen LogP contribution in [0.4, 0.5) is 0 Å². The maximum Gasteiger partial charge on any atom is 0.258 e. The maximum atomic E-state index is 11.5. The molecule has 4 nitrogen and oxygen atoms in total. The van der Waals surface area contributed by atoms with Crippen LogP contribution in [0, 0.1) is 12.3 Å². The van der Waals surface area contributed by atoms with Crippen molar-refractivity contribution in [2.24, 2.45) is 0 Å². The van der Waals surface area contributed by atoms with Gasteiger partial charge in [0.15, 0.2) is 6.61 Å². The summed E-state index contributed by atoms with van der Waals surface area (Å²) in [5.41, 5.74) is 0.797. The topological polar surface area (TPSA) is 50.4 Å². The van der Waals surface area contributed by atoms with Crippen molar-refractivity contribution in [3.8, 4) is 18.1 Å². The Morgan fingerprint density at radius 3 is 2.76 bits per heavy atom. The summed E-state index contributed by atoms with van der Waals surface area (Å²) in [6.07, 6.45) is 5.07. The lowest BCUT2D eigenvalue weighted by molar-refractivity contribution is -0.122. The van der Waals surface area contributed by atoms with Crippen LogP contribution in [0.5, 0.6) is 5.75 Å². The number of halogens is 2. The Morgan fingerprint density at radius 2 is 2.14 bits per heavy atom. The zero-order valence-corrected chi connectivity index (χ0v) is 13.5. The Bertz CT molecular complexity index is 539. The first-order chi connectivity index (χ1) is 9.93. The van der Waals surface area contributed by atoms with Crippen LogP contribution in [0.3, 0.4) is 0 Å². The lowest BCUT2D eigenvalue weighted by atomic mass is 10.2. The average Bonchev–Trinajstić information content (AvgIpc) is 2.41. The molecule has 0 atom stereocenters. The predicted molar refractivity (Wildman–Crippen MR) is 85.8 cm³/mol. The number of amides is 1. The Hall–Kier alpha value is -1.41. The van der Waals surface area contributed by atoms with Gasteiger partial charge in [0.05, 0.1) is 11.6 Å². The zero-order chi connectivity index (χ0) is 15.8. The zero-order valence-electron chi connectivity index (χ0n) is 12.0. The SMILES string of the molecule is C#CCNC(=O)COc1c(Cl)cc(Cl)cc1CNC(C)C. The molecule has 0 heterocycles. The number of rotatable bonds is 7. The van der Waals surface area contributed by atoms with Gasteiger partial charge in [0.1, 0.15) is 5.75 Å². The molecule has 0 aliphatic rings. The first-order valence-corrected chi connectivity index (χ1v) is 7.24. The fourth-order valence-electron chi connectivity index (χ4n) is 1.56. The molecule has 0 unspecified atom stereocenters. The van der Waals surface area contributed by atoms with Gasteiger partial charge in [-0.2, -0.15) is 0 Å². The molecule has 0 spiro atoms. The van der Waals surface area contributed by atoms with Crippen LogP contribution < -0.4 is 15.4 Å². The molecule has 0 bridgehead atoms. The van der Waals surface area contributed by atoms with Crippen molar-refractivity contribution in [2.45, 2.75) is 26.4 Å². The van der Waals surface area contributed by atoms with Gasteiger partial charge in [-0.1, -0.05) is 43.0 Å². The summed E-state index contributed by atoms with van der Waals surface area (Å²) < 4.78 is 5.50. The van der Waals surface area contributed by atoms with Gasteiger partial charge in [-0.05, 0) is 12.1 Å². The van der Waals surface area contributed by atoms with Crippen molar-refractivity contribution in [2.75, 3.05) is 13.2 Å². The Labute approximate surface area is 135 Å². The van der Waals surface area contributed by atoms with Crippen molar-refractivity contribution in [1.29, 1.82) is 0 Å². The fraction of sp³-hybridized carbons (Fsp3) is 0.400. The van der Waals surface area contributed by atoms with Crippen molar-refractivity contribution < 1.29 is 9.53 Å². The molecule has 1 aromatic carbocycles. The van der Waals surface area contributed by atoms with Crippen LogP contribution in [-0.4, -0.2) is 25.1 Å². The van der Waals surface area contributed by atoms with E-state index in [9.17, 15) is 4.79 Å². The molecular weight excluding hydrogens is 311 g/mol. The molecule has 1 rings (SSSR count). The number of terminal acetylenes is 1. The number of hydrogen-bond donors (Lipinski definition) is 2. The van der Waals surface area contributed by atoms with E-state index < -0.39 is 0 Å². The maximum absolute atomic E-state index is 11.5. The standard InChI is InChI=1S/C15H18Cl2N2O2/c1-4-5-18-14(20)9-21-15-11(8-19-10(2)3)6-12(16)7-13(15)17/h1,6-7,10,19H,5,8-9H2,2-3H3,(H,18,20). The van der Waals surface area contributed by atoms with Gasteiger partial charge in [-0.25, -0.2) is 0 Å². The highest BCUT2D eigenvalue weighted by Crippen LogP contribution is 2.32. The third-order valence-electron chi connectivity index (χ3n) is 2.52. The molecule has 0 fully saturated rings. The number of benzene rings is 1. The summed E-state index contributed by atoms with van der Waals surface area (Å²) >= 11 is 12.1. The van der Waals surface area contributed by atoms with Crippen LogP contribution in [-0.2, 0) is 11.3 Å². The van der Waals surface area contributed by atoms with E-state index in [0.717, 1.165) is 5.56 Å². The third kappa shape index (κ3) is 6.26. The second kappa shape index (κ2) is 8.78. The van der Waals surface area contributed by atoms with E-state index in [4.69, 9.17) is 34.4 Å². The van der Waals surface area contributed by atoms with Gasteiger partial charge in [-0.3, -0.25) is 4.79 Å². The van der Waals surface area contributed by atoms with Crippen LogP contribution >= 0.6 is 23.2 Å². The van der Waals surface area contributed by atoms with Crippen LogP contribution in [0.25, 0.3) is 0 Å². The second-order valence-corrected chi connectivity index (χ2v) is 5.52. The summed E-state index contributed by atoms with van der Waals surface area (Å²) in [7, 11) is 0. The molecular formula is C15H18Cl2N2O2.